The topological polar surface area (TPSA) is 139 Å². The second kappa shape index (κ2) is 9.75. The van der Waals surface area contributed by atoms with Crippen molar-refractivity contribution in [3.05, 3.63) is 65.0 Å². The van der Waals surface area contributed by atoms with Crippen molar-refractivity contribution in [1.29, 1.82) is 0 Å². The Hall–Kier alpha value is -4.18. The molecule has 9 nitrogen and oxygen atoms in total. The normalized spacial score (nSPS) is 10.3. The number of Topliss-reactive ketones (excluding diaryl/α,β-unsaturated/α-hetero) is 1. The van der Waals surface area contributed by atoms with Gasteiger partial charge in [-0.2, -0.15) is 0 Å². The summed E-state index contributed by atoms with van der Waals surface area (Å²) in [6.07, 6.45) is 0. The van der Waals surface area contributed by atoms with Gasteiger partial charge in [-0.1, -0.05) is 12.1 Å². The van der Waals surface area contributed by atoms with E-state index < -0.39 is 17.8 Å². The standard InChI is InChI=1S/C22H17NO8S/c1-30-17-5-3-2-4-14(17)16(24)11-31-13-8-6-12(7-9-13)18-10-15(19(32-18)21(26)27)23-20(25)22(28)29/h2-10H,11H2,1H3,(H,23,25)(H,26,27)(H,28,29). The zero-order valence-electron chi connectivity index (χ0n) is 16.7. The number of thiophene rings is 1. The molecular weight excluding hydrogens is 438 g/mol. The van der Waals surface area contributed by atoms with Crippen LogP contribution in [0, 0.1) is 0 Å². The molecule has 0 radical (unpaired) electrons. The largest absolute Gasteiger partial charge is 0.496 e. The fourth-order valence-corrected chi connectivity index (χ4v) is 3.74. The molecule has 0 saturated heterocycles. The smallest absolute Gasteiger partial charge is 0.394 e. The molecule has 0 atom stereocenters. The molecule has 0 bridgehead atoms. The number of methoxy groups -OCH3 is 1. The number of aromatic carboxylic acids is 1. The van der Waals surface area contributed by atoms with Crippen LogP contribution in [0.2, 0.25) is 0 Å². The molecule has 1 aromatic heterocycles. The third kappa shape index (κ3) is 5.10. The molecule has 3 aromatic rings. The Labute approximate surface area is 185 Å². The van der Waals surface area contributed by atoms with Crippen molar-refractivity contribution in [2.24, 2.45) is 0 Å². The number of aliphatic carboxylic acids is 1. The molecule has 0 aliphatic carbocycles. The lowest BCUT2D eigenvalue weighted by Crippen LogP contribution is -2.22. The van der Waals surface area contributed by atoms with Gasteiger partial charge in [0.05, 0.1) is 18.4 Å². The predicted octanol–water partition coefficient (Wildman–Crippen LogP) is 3.41. The van der Waals surface area contributed by atoms with E-state index in [1.807, 2.05) is 0 Å². The van der Waals surface area contributed by atoms with Crippen molar-refractivity contribution in [3.8, 4) is 21.9 Å². The minimum atomic E-state index is -1.72. The molecule has 1 heterocycles. The molecule has 0 unspecified atom stereocenters. The second-order valence-corrected chi connectivity index (χ2v) is 7.41. The van der Waals surface area contributed by atoms with Gasteiger partial charge in [-0.25, -0.2) is 9.59 Å². The molecular formula is C22H17NO8S. The highest BCUT2D eigenvalue weighted by atomic mass is 32.1. The summed E-state index contributed by atoms with van der Waals surface area (Å²) in [6.45, 7) is -0.201. The van der Waals surface area contributed by atoms with Crippen LogP contribution in [0.1, 0.15) is 20.0 Å². The molecule has 0 spiro atoms. The number of carbonyl (C=O) groups is 4. The number of benzene rings is 2. The SMILES string of the molecule is COc1ccccc1C(=O)COc1ccc(-c2cc(NC(=O)C(=O)O)c(C(=O)O)s2)cc1. The van der Waals surface area contributed by atoms with E-state index in [0.29, 0.717) is 27.5 Å². The first-order chi connectivity index (χ1) is 15.3. The molecule has 32 heavy (non-hydrogen) atoms. The number of ketones is 1. The van der Waals surface area contributed by atoms with E-state index in [-0.39, 0.29) is 23.0 Å². The minimum absolute atomic E-state index is 0.104. The molecule has 0 saturated carbocycles. The first-order valence-corrected chi connectivity index (χ1v) is 9.92. The Morgan fingerprint density at radius 2 is 1.69 bits per heavy atom. The van der Waals surface area contributed by atoms with Crippen LogP contribution < -0.4 is 14.8 Å². The summed E-state index contributed by atoms with van der Waals surface area (Å²) >= 11 is 0.884. The third-order valence-corrected chi connectivity index (χ3v) is 5.46. The van der Waals surface area contributed by atoms with Gasteiger partial charge in [-0.15, -0.1) is 11.3 Å². The van der Waals surface area contributed by atoms with Gasteiger partial charge in [0.15, 0.2) is 6.61 Å². The van der Waals surface area contributed by atoms with E-state index in [4.69, 9.17) is 14.6 Å². The molecule has 0 aliphatic rings. The van der Waals surface area contributed by atoms with Crippen LogP contribution in [0.3, 0.4) is 0 Å². The fourth-order valence-electron chi connectivity index (χ4n) is 2.78. The third-order valence-electron chi connectivity index (χ3n) is 4.28. The number of hydrogen-bond donors (Lipinski definition) is 3. The quantitative estimate of drug-likeness (QED) is 0.347. The first kappa shape index (κ1) is 22.5. The van der Waals surface area contributed by atoms with Crippen molar-refractivity contribution >= 4 is 40.7 Å². The van der Waals surface area contributed by atoms with Crippen LogP contribution in [-0.2, 0) is 9.59 Å². The van der Waals surface area contributed by atoms with Crippen LogP contribution in [0.25, 0.3) is 10.4 Å². The number of hydrogen-bond acceptors (Lipinski definition) is 7. The fraction of sp³-hybridized carbons (Fsp3) is 0.0909. The summed E-state index contributed by atoms with van der Waals surface area (Å²) in [7, 11) is 1.48. The molecule has 10 heteroatoms. The van der Waals surface area contributed by atoms with Crippen molar-refractivity contribution in [1.82, 2.24) is 0 Å². The van der Waals surface area contributed by atoms with Crippen molar-refractivity contribution in [3.63, 3.8) is 0 Å². The van der Waals surface area contributed by atoms with Crippen molar-refractivity contribution in [2.45, 2.75) is 0 Å². The molecule has 3 rings (SSSR count). The highest BCUT2D eigenvalue weighted by Gasteiger charge is 2.21. The summed E-state index contributed by atoms with van der Waals surface area (Å²) in [6, 6.07) is 14.7. The summed E-state index contributed by atoms with van der Waals surface area (Å²) in [5.41, 5.74) is 0.923. The summed E-state index contributed by atoms with van der Waals surface area (Å²) in [5, 5.41) is 20.1. The number of para-hydroxylation sites is 1. The highest BCUT2D eigenvalue weighted by Crippen LogP contribution is 2.35. The van der Waals surface area contributed by atoms with Gasteiger partial charge in [-0.3, -0.25) is 9.59 Å². The highest BCUT2D eigenvalue weighted by molar-refractivity contribution is 7.18. The van der Waals surface area contributed by atoms with E-state index in [2.05, 4.69) is 5.32 Å². The summed E-state index contributed by atoms with van der Waals surface area (Å²) < 4.78 is 10.7. The lowest BCUT2D eigenvalue weighted by atomic mass is 10.1. The van der Waals surface area contributed by atoms with E-state index in [9.17, 15) is 24.3 Å². The lowest BCUT2D eigenvalue weighted by molar-refractivity contribution is -0.147. The molecule has 3 N–H and O–H groups in total. The zero-order chi connectivity index (χ0) is 23.3. The van der Waals surface area contributed by atoms with Crippen LogP contribution >= 0.6 is 11.3 Å². The maximum Gasteiger partial charge on any atom is 0.394 e. The van der Waals surface area contributed by atoms with E-state index in [1.165, 1.54) is 13.2 Å². The maximum atomic E-state index is 12.4. The maximum absolute atomic E-state index is 12.4. The Morgan fingerprint density at radius 1 is 1.00 bits per heavy atom. The number of carboxylic acids is 2. The second-order valence-electron chi connectivity index (χ2n) is 6.35. The first-order valence-electron chi connectivity index (χ1n) is 9.11. The monoisotopic (exact) mass is 455 g/mol. The van der Waals surface area contributed by atoms with Crippen molar-refractivity contribution in [2.75, 3.05) is 19.0 Å². The Morgan fingerprint density at radius 3 is 2.31 bits per heavy atom. The number of nitrogens with one attached hydrogen (secondary N) is 1. The number of rotatable bonds is 8. The number of ether oxygens (including phenoxy) is 2. The van der Waals surface area contributed by atoms with Gasteiger partial charge in [0.25, 0.3) is 0 Å². The molecule has 164 valence electrons. The molecule has 0 aliphatic heterocycles. The molecule has 1 amide bonds. The summed E-state index contributed by atoms with van der Waals surface area (Å²) in [4.78, 5) is 46.3. The number of carbonyl (C=O) groups excluding carboxylic acids is 2. The van der Waals surface area contributed by atoms with Crippen LogP contribution in [0.5, 0.6) is 11.5 Å². The van der Waals surface area contributed by atoms with Gasteiger partial charge < -0.3 is 25.0 Å². The Balaban J connectivity index is 1.73. The Kier molecular flexibility index (Phi) is 6.86. The lowest BCUT2D eigenvalue weighted by Gasteiger charge is -2.09. The predicted molar refractivity (Wildman–Crippen MR) is 116 cm³/mol. The van der Waals surface area contributed by atoms with Crippen LogP contribution in [0.15, 0.2) is 54.6 Å². The van der Waals surface area contributed by atoms with E-state index in [0.717, 1.165) is 11.3 Å². The average molecular weight is 455 g/mol. The van der Waals surface area contributed by atoms with Gasteiger partial charge >= 0.3 is 17.8 Å². The van der Waals surface area contributed by atoms with Crippen LogP contribution in [-0.4, -0.2) is 47.6 Å². The zero-order valence-corrected chi connectivity index (χ0v) is 17.5. The Bertz CT molecular complexity index is 1180. The molecule has 0 fully saturated rings. The average Bonchev–Trinajstić information content (AvgIpc) is 3.21. The number of carboxylic acid groups (broad SMARTS) is 2. The van der Waals surface area contributed by atoms with Crippen molar-refractivity contribution < 1.29 is 38.9 Å². The van der Waals surface area contributed by atoms with Gasteiger partial charge in [0, 0.05) is 4.88 Å². The van der Waals surface area contributed by atoms with Gasteiger partial charge in [-0.05, 0) is 48.0 Å². The minimum Gasteiger partial charge on any atom is -0.496 e. The van der Waals surface area contributed by atoms with E-state index >= 15 is 0 Å². The van der Waals surface area contributed by atoms with Gasteiger partial charge in [0.2, 0.25) is 5.78 Å². The van der Waals surface area contributed by atoms with Crippen LogP contribution in [0.4, 0.5) is 5.69 Å². The molecule has 2 aromatic carbocycles. The van der Waals surface area contributed by atoms with Gasteiger partial charge in [0.1, 0.15) is 16.4 Å². The van der Waals surface area contributed by atoms with E-state index in [1.54, 1.807) is 48.5 Å². The summed E-state index contributed by atoms with van der Waals surface area (Å²) in [5.74, 6) is -3.73. The number of amides is 1. The number of anilines is 1.